The van der Waals surface area contributed by atoms with Crippen molar-refractivity contribution in [2.24, 2.45) is 4.99 Å². The SMILES string of the molecule is CC(C)c1ccccc1-c1ccccc1/N=C/c1ccccn1. The van der Waals surface area contributed by atoms with Crippen LogP contribution in [0.2, 0.25) is 0 Å². The van der Waals surface area contributed by atoms with Crippen LogP contribution in [0, 0.1) is 0 Å². The lowest BCUT2D eigenvalue weighted by molar-refractivity contribution is 0.869. The lowest BCUT2D eigenvalue weighted by Gasteiger charge is -2.14. The molecule has 0 atom stereocenters. The van der Waals surface area contributed by atoms with Crippen LogP contribution < -0.4 is 0 Å². The van der Waals surface area contributed by atoms with Gasteiger partial charge in [-0.3, -0.25) is 9.98 Å². The maximum absolute atomic E-state index is 4.67. The van der Waals surface area contributed by atoms with Gasteiger partial charge in [-0.25, -0.2) is 0 Å². The molecule has 3 aromatic rings. The highest BCUT2D eigenvalue weighted by Gasteiger charge is 2.10. The minimum atomic E-state index is 0.471. The number of nitrogens with zero attached hydrogens (tertiary/aromatic N) is 2. The summed E-state index contributed by atoms with van der Waals surface area (Å²) in [4.78, 5) is 8.96. The van der Waals surface area contributed by atoms with Gasteiger partial charge >= 0.3 is 0 Å². The summed E-state index contributed by atoms with van der Waals surface area (Å²) in [5, 5.41) is 0. The van der Waals surface area contributed by atoms with Gasteiger partial charge in [-0.05, 0) is 35.2 Å². The molecule has 1 heterocycles. The van der Waals surface area contributed by atoms with E-state index in [-0.39, 0.29) is 0 Å². The van der Waals surface area contributed by atoms with E-state index in [2.05, 4.69) is 60.2 Å². The summed E-state index contributed by atoms with van der Waals surface area (Å²) < 4.78 is 0. The number of aliphatic imine (C=N–C) groups is 1. The maximum Gasteiger partial charge on any atom is 0.0812 e. The third-order valence-electron chi connectivity index (χ3n) is 3.80. The van der Waals surface area contributed by atoms with E-state index in [1.165, 1.54) is 11.1 Å². The van der Waals surface area contributed by atoms with Crippen molar-refractivity contribution in [3.63, 3.8) is 0 Å². The number of hydrogen-bond donors (Lipinski definition) is 0. The molecule has 0 unspecified atom stereocenters. The van der Waals surface area contributed by atoms with Crippen molar-refractivity contribution in [1.29, 1.82) is 0 Å². The highest BCUT2D eigenvalue weighted by atomic mass is 14.8. The quantitative estimate of drug-likeness (QED) is 0.574. The van der Waals surface area contributed by atoms with Crippen molar-refractivity contribution >= 4 is 11.9 Å². The molecule has 0 amide bonds. The normalized spacial score (nSPS) is 11.3. The summed E-state index contributed by atoms with van der Waals surface area (Å²) in [7, 11) is 0. The van der Waals surface area contributed by atoms with Gasteiger partial charge in [0.15, 0.2) is 0 Å². The maximum atomic E-state index is 4.67. The largest absolute Gasteiger partial charge is 0.255 e. The first-order valence-electron chi connectivity index (χ1n) is 7.89. The summed E-state index contributed by atoms with van der Waals surface area (Å²) in [5.74, 6) is 0.471. The molecule has 114 valence electrons. The van der Waals surface area contributed by atoms with E-state index < -0.39 is 0 Å². The van der Waals surface area contributed by atoms with Crippen LogP contribution in [0.3, 0.4) is 0 Å². The summed E-state index contributed by atoms with van der Waals surface area (Å²) in [6.45, 7) is 4.44. The van der Waals surface area contributed by atoms with E-state index in [9.17, 15) is 0 Å². The fraction of sp³-hybridized carbons (Fsp3) is 0.143. The van der Waals surface area contributed by atoms with Gasteiger partial charge in [0, 0.05) is 11.8 Å². The fourth-order valence-corrected chi connectivity index (χ4v) is 2.65. The van der Waals surface area contributed by atoms with Crippen molar-refractivity contribution in [2.45, 2.75) is 19.8 Å². The second-order valence-electron chi connectivity index (χ2n) is 5.77. The summed E-state index contributed by atoms with van der Waals surface area (Å²) in [6, 6.07) is 22.6. The van der Waals surface area contributed by atoms with Gasteiger partial charge < -0.3 is 0 Å². The van der Waals surface area contributed by atoms with Crippen LogP contribution in [0.1, 0.15) is 31.0 Å². The van der Waals surface area contributed by atoms with Gasteiger partial charge in [-0.15, -0.1) is 0 Å². The summed E-state index contributed by atoms with van der Waals surface area (Å²) >= 11 is 0. The van der Waals surface area contributed by atoms with Crippen LogP contribution in [0.5, 0.6) is 0 Å². The third kappa shape index (κ3) is 3.54. The van der Waals surface area contributed by atoms with Gasteiger partial charge in [0.05, 0.1) is 17.6 Å². The van der Waals surface area contributed by atoms with Crippen molar-refractivity contribution in [1.82, 2.24) is 4.98 Å². The van der Waals surface area contributed by atoms with Crippen molar-refractivity contribution < 1.29 is 0 Å². The first-order valence-corrected chi connectivity index (χ1v) is 7.89. The van der Waals surface area contributed by atoms with Crippen molar-refractivity contribution in [3.8, 4) is 11.1 Å². The Balaban J connectivity index is 2.04. The van der Waals surface area contributed by atoms with E-state index in [0.29, 0.717) is 5.92 Å². The highest BCUT2D eigenvalue weighted by Crippen LogP contribution is 2.35. The molecule has 0 aliphatic rings. The molecule has 0 radical (unpaired) electrons. The Labute approximate surface area is 137 Å². The van der Waals surface area contributed by atoms with Gasteiger partial charge in [0.25, 0.3) is 0 Å². The van der Waals surface area contributed by atoms with Crippen LogP contribution in [0.25, 0.3) is 11.1 Å². The molecule has 0 bridgehead atoms. The summed E-state index contributed by atoms with van der Waals surface area (Å²) in [5.41, 5.74) is 5.57. The zero-order chi connectivity index (χ0) is 16.1. The molecule has 2 aromatic carbocycles. The average Bonchev–Trinajstić information content (AvgIpc) is 2.61. The topological polar surface area (TPSA) is 25.2 Å². The van der Waals surface area contributed by atoms with Gasteiger partial charge in [-0.1, -0.05) is 62.4 Å². The predicted octanol–water partition coefficient (Wildman–Crippen LogP) is 5.62. The molecule has 0 aliphatic heterocycles. The van der Waals surface area contributed by atoms with Crippen LogP contribution in [0.4, 0.5) is 5.69 Å². The molecule has 3 rings (SSSR count). The van der Waals surface area contributed by atoms with Crippen LogP contribution in [0.15, 0.2) is 77.9 Å². The molecule has 2 nitrogen and oxygen atoms in total. The monoisotopic (exact) mass is 300 g/mol. The molecule has 23 heavy (non-hydrogen) atoms. The molecule has 2 heteroatoms. The number of hydrogen-bond acceptors (Lipinski definition) is 2. The molecule has 0 N–H and O–H groups in total. The fourth-order valence-electron chi connectivity index (χ4n) is 2.65. The first-order chi connectivity index (χ1) is 11.3. The van der Waals surface area contributed by atoms with Gasteiger partial charge in [0.1, 0.15) is 0 Å². The average molecular weight is 300 g/mol. The molecule has 1 aromatic heterocycles. The van der Waals surface area contributed by atoms with Crippen molar-refractivity contribution in [3.05, 3.63) is 84.2 Å². The first kappa shape index (κ1) is 15.2. The second-order valence-corrected chi connectivity index (χ2v) is 5.77. The van der Waals surface area contributed by atoms with Crippen LogP contribution in [-0.2, 0) is 0 Å². The Hall–Kier alpha value is -2.74. The van der Waals surface area contributed by atoms with Crippen molar-refractivity contribution in [2.75, 3.05) is 0 Å². The van der Waals surface area contributed by atoms with E-state index in [1.54, 1.807) is 6.20 Å². The molecule has 0 saturated carbocycles. The van der Waals surface area contributed by atoms with E-state index in [4.69, 9.17) is 0 Å². The molecule has 0 fully saturated rings. The third-order valence-corrected chi connectivity index (χ3v) is 3.80. The Kier molecular flexibility index (Phi) is 4.62. The molecule has 0 aliphatic carbocycles. The zero-order valence-electron chi connectivity index (χ0n) is 13.5. The Morgan fingerprint density at radius 3 is 2.26 bits per heavy atom. The second kappa shape index (κ2) is 7.01. The lowest BCUT2D eigenvalue weighted by Crippen LogP contribution is -1.92. The summed E-state index contributed by atoms with van der Waals surface area (Å²) in [6.07, 6.45) is 3.60. The lowest BCUT2D eigenvalue weighted by atomic mass is 9.92. The number of rotatable bonds is 4. The van der Waals surface area contributed by atoms with E-state index in [0.717, 1.165) is 16.9 Å². The smallest absolute Gasteiger partial charge is 0.0812 e. The predicted molar refractivity (Wildman–Crippen MR) is 97.5 cm³/mol. The van der Waals surface area contributed by atoms with E-state index in [1.807, 2.05) is 36.5 Å². The molecular formula is C21H20N2. The number of pyridine rings is 1. The Morgan fingerprint density at radius 1 is 0.826 bits per heavy atom. The molecular weight excluding hydrogens is 280 g/mol. The van der Waals surface area contributed by atoms with Gasteiger partial charge in [-0.2, -0.15) is 0 Å². The number of para-hydroxylation sites is 1. The Bertz CT molecular complexity index is 805. The van der Waals surface area contributed by atoms with Crippen LogP contribution >= 0.6 is 0 Å². The standard InChI is InChI=1S/C21H20N2/c1-16(2)18-10-3-4-11-19(18)20-12-5-6-13-21(20)23-15-17-9-7-8-14-22-17/h3-16H,1-2H3/b23-15+. The number of aromatic nitrogens is 1. The van der Waals surface area contributed by atoms with E-state index >= 15 is 0 Å². The van der Waals surface area contributed by atoms with Crippen LogP contribution in [-0.4, -0.2) is 11.2 Å². The Morgan fingerprint density at radius 2 is 1.52 bits per heavy atom. The molecule has 0 saturated heterocycles. The highest BCUT2D eigenvalue weighted by molar-refractivity contribution is 5.85. The van der Waals surface area contributed by atoms with Gasteiger partial charge in [0.2, 0.25) is 0 Å². The zero-order valence-corrected chi connectivity index (χ0v) is 13.5. The minimum absolute atomic E-state index is 0.471. The molecule has 0 spiro atoms. The minimum Gasteiger partial charge on any atom is -0.255 e. The number of benzene rings is 2.